The summed E-state index contributed by atoms with van der Waals surface area (Å²) >= 11 is 0. The van der Waals surface area contributed by atoms with E-state index in [1.54, 1.807) is 0 Å². The summed E-state index contributed by atoms with van der Waals surface area (Å²) in [5, 5.41) is 0. The third kappa shape index (κ3) is 25.1. The molecule has 0 atom stereocenters. The van der Waals surface area contributed by atoms with Gasteiger partial charge in [-0.05, 0) is 12.3 Å². The van der Waals surface area contributed by atoms with E-state index < -0.39 is 10.4 Å². The zero-order valence-electron chi connectivity index (χ0n) is 17.3. The average Bonchev–Trinajstić information content (AvgIpc) is 2.45. The fraction of sp³-hybridized carbons (Fsp3) is 1.00. The topological polar surface area (TPSA) is 63.6 Å². The van der Waals surface area contributed by atoms with Crippen molar-refractivity contribution in [2.45, 2.75) is 104 Å². The minimum Gasteiger partial charge on any atom is -1.00 e. The van der Waals surface area contributed by atoms with Crippen LogP contribution in [0.15, 0.2) is 0 Å². The van der Waals surface area contributed by atoms with E-state index in [0.29, 0.717) is 6.42 Å². The van der Waals surface area contributed by atoms with Crippen LogP contribution in [0.1, 0.15) is 105 Å². The zero-order chi connectivity index (χ0) is 17.4. The Bertz CT molecular complexity index is 351. The fourth-order valence-electron chi connectivity index (χ4n) is 2.76. The van der Waals surface area contributed by atoms with Gasteiger partial charge < -0.3 is 1.43 Å². The van der Waals surface area contributed by atoms with Gasteiger partial charge in [-0.2, -0.15) is 8.42 Å². The van der Waals surface area contributed by atoms with Crippen molar-refractivity contribution in [2.75, 3.05) is 6.61 Å². The first-order chi connectivity index (χ1) is 10.9. The normalized spacial score (nSPS) is 11.7. The average molecular weight is 375 g/mol. The zero-order valence-corrected chi connectivity index (χ0v) is 19.1. The number of unbranched alkanes of at least 4 members (excludes halogenated alkanes) is 12. The second-order valence-electron chi connectivity index (χ2n) is 7.03. The van der Waals surface area contributed by atoms with Gasteiger partial charge in [0.05, 0.1) is 6.61 Å². The van der Waals surface area contributed by atoms with Gasteiger partial charge in [-0.3, -0.25) is 4.55 Å². The van der Waals surface area contributed by atoms with Crippen molar-refractivity contribution in [1.29, 1.82) is 0 Å². The van der Waals surface area contributed by atoms with Crippen LogP contribution in [0.25, 0.3) is 0 Å². The molecule has 0 aliphatic carbocycles. The predicted molar refractivity (Wildman–Crippen MR) is 98.1 cm³/mol. The Hall–Kier alpha value is 0.870. The number of hydrogen-bond acceptors (Lipinski definition) is 3. The molecule has 0 amide bonds. The summed E-state index contributed by atoms with van der Waals surface area (Å²) in [6, 6.07) is 0. The van der Waals surface area contributed by atoms with E-state index in [9.17, 15) is 8.42 Å². The molecule has 0 aromatic heterocycles. The molecule has 142 valence electrons. The first-order valence-corrected chi connectivity index (χ1v) is 10.9. The SMILES string of the molecule is CC(C)CCCCCCCCCCCCCCCOS(=O)(=O)O.[H-].[Na+]. The van der Waals surface area contributed by atoms with Crippen LogP contribution in [0.2, 0.25) is 0 Å². The molecule has 0 aliphatic rings. The van der Waals surface area contributed by atoms with Gasteiger partial charge in [0.25, 0.3) is 0 Å². The molecule has 0 fully saturated rings. The van der Waals surface area contributed by atoms with Crippen molar-refractivity contribution in [1.82, 2.24) is 0 Å². The molecule has 1 N–H and O–H groups in total. The van der Waals surface area contributed by atoms with Crippen LogP contribution >= 0.6 is 0 Å². The van der Waals surface area contributed by atoms with E-state index in [0.717, 1.165) is 18.8 Å². The minimum atomic E-state index is -4.25. The Morgan fingerprint density at radius 1 is 0.750 bits per heavy atom. The molecule has 0 radical (unpaired) electrons. The van der Waals surface area contributed by atoms with Gasteiger partial charge in [0, 0.05) is 0 Å². The molecule has 6 heteroatoms. The van der Waals surface area contributed by atoms with Crippen molar-refractivity contribution in [3.05, 3.63) is 0 Å². The van der Waals surface area contributed by atoms with Crippen molar-refractivity contribution in [3.8, 4) is 0 Å². The fourth-order valence-corrected chi connectivity index (χ4v) is 3.09. The summed E-state index contributed by atoms with van der Waals surface area (Å²) in [5.41, 5.74) is 0. The van der Waals surface area contributed by atoms with Gasteiger partial charge in [0.15, 0.2) is 0 Å². The molecule has 0 bridgehead atoms. The van der Waals surface area contributed by atoms with E-state index in [2.05, 4.69) is 18.0 Å². The van der Waals surface area contributed by atoms with Crippen LogP contribution in [0.3, 0.4) is 0 Å². The van der Waals surface area contributed by atoms with Crippen molar-refractivity contribution in [3.63, 3.8) is 0 Å². The standard InChI is InChI=1S/C18H38O4S.Na.H/c1-18(2)16-14-12-10-8-6-4-3-5-7-9-11-13-15-17-22-23(19,20)21;;/h18H,3-17H2,1-2H3,(H,19,20,21);;/q;+1;-1. The molecule has 4 nitrogen and oxygen atoms in total. The Labute approximate surface area is 174 Å². The van der Waals surface area contributed by atoms with E-state index in [1.165, 1.54) is 70.6 Å². The van der Waals surface area contributed by atoms with Crippen LogP contribution in [-0.4, -0.2) is 19.6 Å². The molecule has 0 unspecified atom stereocenters. The third-order valence-corrected chi connectivity index (χ3v) is 4.62. The number of hydrogen-bond donors (Lipinski definition) is 1. The second kappa shape index (κ2) is 18.7. The summed E-state index contributed by atoms with van der Waals surface area (Å²) in [5.74, 6) is 0.852. The molecule has 0 aromatic carbocycles. The summed E-state index contributed by atoms with van der Waals surface area (Å²) < 4.78 is 33.3. The van der Waals surface area contributed by atoms with Crippen molar-refractivity contribution in [2.24, 2.45) is 5.92 Å². The van der Waals surface area contributed by atoms with Crippen LogP contribution in [0, 0.1) is 5.92 Å². The summed E-state index contributed by atoms with van der Waals surface area (Å²) in [6.45, 7) is 4.69. The molecular formula is C18H39NaO4S. The molecule has 0 aliphatic heterocycles. The third-order valence-electron chi connectivity index (χ3n) is 4.16. The smallest absolute Gasteiger partial charge is 1.00 e. The van der Waals surface area contributed by atoms with Gasteiger partial charge in [0.1, 0.15) is 0 Å². The van der Waals surface area contributed by atoms with E-state index in [1.807, 2.05) is 0 Å². The van der Waals surface area contributed by atoms with E-state index >= 15 is 0 Å². The van der Waals surface area contributed by atoms with Crippen LogP contribution in [-0.2, 0) is 14.6 Å². The van der Waals surface area contributed by atoms with Gasteiger partial charge in [-0.25, -0.2) is 4.18 Å². The summed E-state index contributed by atoms with van der Waals surface area (Å²) in [6.07, 6.45) is 17.6. The molecular weight excluding hydrogens is 335 g/mol. The molecule has 0 rings (SSSR count). The van der Waals surface area contributed by atoms with E-state index in [4.69, 9.17) is 4.55 Å². The van der Waals surface area contributed by atoms with Crippen LogP contribution < -0.4 is 29.6 Å². The van der Waals surface area contributed by atoms with Gasteiger partial charge in [-0.1, -0.05) is 97.3 Å². The van der Waals surface area contributed by atoms with Crippen molar-refractivity contribution < 1.29 is 48.1 Å². The minimum absolute atomic E-state index is 0. The Morgan fingerprint density at radius 2 is 1.08 bits per heavy atom. The largest absolute Gasteiger partial charge is 1.00 e. The second-order valence-corrected chi connectivity index (χ2v) is 8.12. The first-order valence-electron chi connectivity index (χ1n) is 9.53. The Balaban J connectivity index is -0.00000242. The summed E-state index contributed by atoms with van der Waals surface area (Å²) in [7, 11) is -4.25. The molecule has 0 saturated heterocycles. The Kier molecular flexibility index (Phi) is 21.1. The maximum atomic E-state index is 10.3. The Morgan fingerprint density at radius 3 is 1.42 bits per heavy atom. The van der Waals surface area contributed by atoms with Gasteiger partial charge in [0.2, 0.25) is 0 Å². The molecule has 0 aromatic rings. The van der Waals surface area contributed by atoms with Gasteiger partial charge in [-0.15, -0.1) is 0 Å². The monoisotopic (exact) mass is 374 g/mol. The van der Waals surface area contributed by atoms with Crippen LogP contribution in [0.5, 0.6) is 0 Å². The maximum Gasteiger partial charge on any atom is 1.00 e. The number of rotatable bonds is 17. The molecule has 0 saturated carbocycles. The molecule has 0 spiro atoms. The maximum absolute atomic E-state index is 10.3. The predicted octanol–water partition coefficient (Wildman–Crippen LogP) is 3.04. The van der Waals surface area contributed by atoms with Gasteiger partial charge >= 0.3 is 40.0 Å². The molecule has 24 heavy (non-hydrogen) atoms. The van der Waals surface area contributed by atoms with Crippen LogP contribution in [0.4, 0.5) is 0 Å². The van der Waals surface area contributed by atoms with E-state index in [-0.39, 0.29) is 37.6 Å². The molecule has 0 heterocycles. The summed E-state index contributed by atoms with van der Waals surface area (Å²) in [4.78, 5) is 0. The quantitative estimate of drug-likeness (QED) is 0.241. The first kappa shape index (κ1) is 27.1. The van der Waals surface area contributed by atoms with Crippen molar-refractivity contribution >= 4 is 10.4 Å².